The highest BCUT2D eigenvalue weighted by atomic mass is 16.5. The van der Waals surface area contributed by atoms with E-state index >= 15 is 0 Å². The van der Waals surface area contributed by atoms with Crippen molar-refractivity contribution in [3.63, 3.8) is 0 Å². The van der Waals surface area contributed by atoms with E-state index in [2.05, 4.69) is 5.32 Å². The summed E-state index contributed by atoms with van der Waals surface area (Å²) in [5.74, 6) is 1.82. The minimum Gasteiger partial charge on any atom is -0.497 e. The fourth-order valence-electron chi connectivity index (χ4n) is 2.89. The number of nitrogens with one attached hydrogen (secondary N) is 1. The fraction of sp³-hybridized carbons (Fsp3) is 0.588. The minimum atomic E-state index is 0.222. The molecule has 0 aliphatic carbocycles. The number of hydrogen-bond donors (Lipinski definition) is 1. The Kier molecular flexibility index (Phi) is 6.07. The Labute approximate surface area is 132 Å². The first-order valence-electron chi connectivity index (χ1n) is 7.84. The molecule has 1 fully saturated rings. The zero-order valence-electron chi connectivity index (χ0n) is 13.7. The van der Waals surface area contributed by atoms with Crippen molar-refractivity contribution in [3.05, 3.63) is 23.8 Å². The number of ether oxygens (including phenoxy) is 2. The monoisotopic (exact) mass is 306 g/mol. The molecule has 1 aliphatic rings. The van der Waals surface area contributed by atoms with Crippen LogP contribution in [0.2, 0.25) is 0 Å². The van der Waals surface area contributed by atoms with Crippen LogP contribution in [0.4, 0.5) is 0 Å². The largest absolute Gasteiger partial charge is 0.497 e. The zero-order valence-corrected chi connectivity index (χ0v) is 13.7. The number of rotatable bonds is 6. The maximum atomic E-state index is 12.4. The quantitative estimate of drug-likeness (QED) is 0.871. The van der Waals surface area contributed by atoms with Crippen molar-refractivity contribution in [2.75, 3.05) is 34.4 Å². The molecule has 1 aliphatic heterocycles. The fourth-order valence-corrected chi connectivity index (χ4v) is 2.89. The zero-order chi connectivity index (χ0) is 15.9. The van der Waals surface area contributed by atoms with Crippen molar-refractivity contribution in [3.8, 4) is 11.5 Å². The third kappa shape index (κ3) is 4.13. The molecule has 122 valence electrons. The molecule has 5 nitrogen and oxygen atoms in total. The topological polar surface area (TPSA) is 50.8 Å². The SMILES string of the molecule is CNC1CCN(C(=O)CCc2cc(OC)ccc2OC)CC1. The van der Waals surface area contributed by atoms with E-state index in [1.807, 2.05) is 30.1 Å². The summed E-state index contributed by atoms with van der Waals surface area (Å²) in [7, 11) is 5.27. The van der Waals surface area contributed by atoms with Gasteiger partial charge in [0.1, 0.15) is 11.5 Å². The number of aryl methyl sites for hydroxylation is 1. The molecule has 0 saturated carbocycles. The van der Waals surface area contributed by atoms with Gasteiger partial charge in [-0.05, 0) is 50.1 Å². The predicted molar refractivity (Wildman–Crippen MR) is 86.5 cm³/mol. The number of amides is 1. The number of nitrogens with zero attached hydrogens (tertiary/aromatic N) is 1. The van der Waals surface area contributed by atoms with Crippen molar-refractivity contribution >= 4 is 5.91 Å². The smallest absolute Gasteiger partial charge is 0.222 e. The number of benzene rings is 1. The van der Waals surface area contributed by atoms with Gasteiger partial charge >= 0.3 is 0 Å². The molecule has 1 aromatic carbocycles. The van der Waals surface area contributed by atoms with E-state index in [0.29, 0.717) is 18.9 Å². The van der Waals surface area contributed by atoms with Crippen LogP contribution in [0.1, 0.15) is 24.8 Å². The van der Waals surface area contributed by atoms with Crippen LogP contribution in [0.15, 0.2) is 18.2 Å². The number of likely N-dealkylation sites (tertiary alicyclic amines) is 1. The number of hydrogen-bond acceptors (Lipinski definition) is 4. The Morgan fingerprint density at radius 2 is 2.00 bits per heavy atom. The molecular weight excluding hydrogens is 280 g/mol. The number of carbonyl (C=O) groups is 1. The summed E-state index contributed by atoms with van der Waals surface area (Å²) < 4.78 is 10.6. The van der Waals surface area contributed by atoms with Gasteiger partial charge in [-0.2, -0.15) is 0 Å². The third-order valence-corrected chi connectivity index (χ3v) is 4.35. The van der Waals surface area contributed by atoms with Gasteiger partial charge in [-0.3, -0.25) is 4.79 Å². The van der Waals surface area contributed by atoms with Crippen LogP contribution in [0.25, 0.3) is 0 Å². The minimum absolute atomic E-state index is 0.222. The van der Waals surface area contributed by atoms with Crippen LogP contribution in [0.3, 0.4) is 0 Å². The summed E-state index contributed by atoms with van der Waals surface area (Å²) in [6.45, 7) is 1.69. The maximum Gasteiger partial charge on any atom is 0.222 e. The van der Waals surface area contributed by atoms with Crippen LogP contribution in [-0.4, -0.2) is 51.2 Å². The number of methoxy groups -OCH3 is 2. The highest BCUT2D eigenvalue weighted by Gasteiger charge is 2.21. The lowest BCUT2D eigenvalue weighted by Crippen LogP contribution is -2.44. The molecule has 0 spiro atoms. The van der Waals surface area contributed by atoms with Gasteiger partial charge in [0.25, 0.3) is 0 Å². The molecule has 1 heterocycles. The Morgan fingerprint density at radius 1 is 1.27 bits per heavy atom. The van der Waals surface area contributed by atoms with Gasteiger partial charge in [-0.25, -0.2) is 0 Å². The van der Waals surface area contributed by atoms with Crippen molar-refractivity contribution in [1.82, 2.24) is 10.2 Å². The van der Waals surface area contributed by atoms with E-state index in [1.54, 1.807) is 14.2 Å². The Hall–Kier alpha value is -1.75. The lowest BCUT2D eigenvalue weighted by Gasteiger charge is -2.32. The first kappa shape index (κ1) is 16.6. The third-order valence-electron chi connectivity index (χ3n) is 4.35. The lowest BCUT2D eigenvalue weighted by molar-refractivity contribution is -0.132. The van der Waals surface area contributed by atoms with Gasteiger partial charge < -0.3 is 19.7 Å². The summed E-state index contributed by atoms with van der Waals surface area (Å²) in [6.07, 6.45) is 3.24. The summed E-state index contributed by atoms with van der Waals surface area (Å²) >= 11 is 0. The highest BCUT2D eigenvalue weighted by Crippen LogP contribution is 2.25. The van der Waals surface area contributed by atoms with Gasteiger partial charge in [-0.1, -0.05) is 0 Å². The molecular formula is C17H26N2O3. The first-order valence-corrected chi connectivity index (χ1v) is 7.84. The van der Waals surface area contributed by atoms with Gasteiger partial charge in [0.2, 0.25) is 5.91 Å². The van der Waals surface area contributed by atoms with Crippen molar-refractivity contribution in [1.29, 1.82) is 0 Å². The van der Waals surface area contributed by atoms with Gasteiger partial charge in [-0.15, -0.1) is 0 Å². The van der Waals surface area contributed by atoms with E-state index in [4.69, 9.17) is 9.47 Å². The lowest BCUT2D eigenvalue weighted by atomic mass is 10.0. The van der Waals surface area contributed by atoms with E-state index in [9.17, 15) is 4.79 Å². The van der Waals surface area contributed by atoms with Crippen LogP contribution < -0.4 is 14.8 Å². The Morgan fingerprint density at radius 3 is 2.59 bits per heavy atom. The van der Waals surface area contributed by atoms with Crippen LogP contribution in [0.5, 0.6) is 11.5 Å². The Balaban J connectivity index is 1.91. The van der Waals surface area contributed by atoms with Crippen molar-refractivity contribution < 1.29 is 14.3 Å². The van der Waals surface area contributed by atoms with Gasteiger partial charge in [0.05, 0.1) is 14.2 Å². The van der Waals surface area contributed by atoms with Crippen LogP contribution in [0, 0.1) is 0 Å². The highest BCUT2D eigenvalue weighted by molar-refractivity contribution is 5.76. The second kappa shape index (κ2) is 8.03. The van der Waals surface area contributed by atoms with Gasteiger partial charge in [0, 0.05) is 25.6 Å². The number of carbonyl (C=O) groups excluding carboxylic acids is 1. The predicted octanol–water partition coefficient (Wildman–Crippen LogP) is 1.85. The summed E-state index contributed by atoms with van der Waals surface area (Å²) in [4.78, 5) is 14.3. The Bertz CT molecular complexity index is 497. The first-order chi connectivity index (χ1) is 10.7. The molecule has 2 rings (SSSR count). The molecule has 0 radical (unpaired) electrons. The molecule has 0 bridgehead atoms. The molecule has 0 atom stereocenters. The second-order valence-corrected chi connectivity index (χ2v) is 5.62. The normalized spacial score (nSPS) is 15.7. The molecule has 0 aromatic heterocycles. The maximum absolute atomic E-state index is 12.4. The summed E-state index contributed by atoms with van der Waals surface area (Å²) in [5.41, 5.74) is 1.01. The van der Waals surface area contributed by atoms with Crippen molar-refractivity contribution in [2.45, 2.75) is 31.7 Å². The molecule has 1 N–H and O–H groups in total. The average molecular weight is 306 g/mol. The van der Waals surface area contributed by atoms with E-state index in [0.717, 1.165) is 43.0 Å². The van der Waals surface area contributed by atoms with E-state index in [1.165, 1.54) is 0 Å². The second-order valence-electron chi connectivity index (χ2n) is 5.62. The molecule has 1 saturated heterocycles. The molecule has 1 amide bonds. The van der Waals surface area contributed by atoms with E-state index in [-0.39, 0.29) is 5.91 Å². The molecule has 1 aromatic rings. The van der Waals surface area contributed by atoms with Crippen LogP contribution in [-0.2, 0) is 11.2 Å². The number of piperidine rings is 1. The van der Waals surface area contributed by atoms with Gasteiger partial charge in [0.15, 0.2) is 0 Å². The molecule has 5 heteroatoms. The average Bonchev–Trinajstić information content (AvgIpc) is 2.59. The molecule has 0 unspecified atom stereocenters. The standard InChI is InChI=1S/C17H26N2O3/c1-18-14-8-10-19(11-9-14)17(20)7-4-13-12-15(21-2)5-6-16(13)22-3/h5-6,12,14,18H,4,7-11H2,1-3H3. The summed E-state index contributed by atoms with van der Waals surface area (Å²) in [6, 6.07) is 6.24. The summed E-state index contributed by atoms with van der Waals surface area (Å²) in [5, 5.41) is 3.28. The molecule has 22 heavy (non-hydrogen) atoms. The van der Waals surface area contributed by atoms with E-state index < -0.39 is 0 Å². The van der Waals surface area contributed by atoms with Crippen LogP contribution >= 0.6 is 0 Å². The van der Waals surface area contributed by atoms with Crippen molar-refractivity contribution in [2.24, 2.45) is 0 Å².